The standard InChI is InChI=1S/C23H23N5O5S/c1-4-21(29)24-13-17-9-10-28(25-17)14-16-11-15(2)22-19(12-16)33-26-23(22)27-34(30,31)20-8-6-5-7-18(20)32-3/h4-12H,1,13-14H2,2-3H3,(H,24,29)(H,26,27). The molecule has 0 fully saturated rings. The molecule has 2 aromatic heterocycles. The zero-order chi connectivity index (χ0) is 24.3. The maximum atomic E-state index is 12.9. The number of hydrogen-bond donors (Lipinski definition) is 2. The highest BCUT2D eigenvalue weighted by molar-refractivity contribution is 7.92. The molecule has 34 heavy (non-hydrogen) atoms. The summed E-state index contributed by atoms with van der Waals surface area (Å²) in [5, 5.41) is 11.6. The lowest BCUT2D eigenvalue weighted by atomic mass is 10.1. The number of para-hydroxylation sites is 1. The second-order valence-corrected chi connectivity index (χ2v) is 9.15. The lowest BCUT2D eigenvalue weighted by molar-refractivity contribution is -0.116. The van der Waals surface area contributed by atoms with Gasteiger partial charge in [-0.2, -0.15) is 5.10 Å². The molecule has 0 aliphatic carbocycles. The van der Waals surface area contributed by atoms with Gasteiger partial charge in [-0.1, -0.05) is 29.9 Å². The van der Waals surface area contributed by atoms with E-state index in [9.17, 15) is 13.2 Å². The summed E-state index contributed by atoms with van der Waals surface area (Å²) >= 11 is 0. The molecule has 0 saturated carbocycles. The second kappa shape index (κ2) is 9.40. The number of fused-ring (bicyclic) bond motifs is 1. The molecule has 0 unspecified atom stereocenters. The molecule has 1 amide bonds. The average Bonchev–Trinajstić information content (AvgIpc) is 3.44. The number of carbonyl (C=O) groups excluding carboxylic acids is 1. The van der Waals surface area contributed by atoms with E-state index in [1.807, 2.05) is 25.3 Å². The van der Waals surface area contributed by atoms with Crippen LogP contribution in [-0.2, 0) is 27.9 Å². The Hall–Kier alpha value is -4.12. The number of rotatable bonds is 9. The molecule has 0 aliphatic rings. The maximum absolute atomic E-state index is 12.9. The third-order valence-electron chi connectivity index (χ3n) is 5.09. The summed E-state index contributed by atoms with van der Waals surface area (Å²) in [6.45, 7) is 6.02. The number of ether oxygens (including phenoxy) is 1. The molecule has 176 valence electrons. The number of methoxy groups -OCH3 is 1. The molecule has 2 N–H and O–H groups in total. The van der Waals surface area contributed by atoms with E-state index >= 15 is 0 Å². The molecule has 0 bridgehead atoms. The molecule has 2 heterocycles. The quantitative estimate of drug-likeness (QED) is 0.352. The Bertz CT molecular complexity index is 1470. The van der Waals surface area contributed by atoms with E-state index in [2.05, 4.69) is 26.9 Å². The van der Waals surface area contributed by atoms with Crippen LogP contribution in [0.25, 0.3) is 11.0 Å². The van der Waals surface area contributed by atoms with Crippen LogP contribution in [0.4, 0.5) is 5.82 Å². The minimum atomic E-state index is -3.95. The Kier molecular flexibility index (Phi) is 6.37. The third kappa shape index (κ3) is 4.79. The first-order valence-corrected chi connectivity index (χ1v) is 11.8. The van der Waals surface area contributed by atoms with Crippen molar-refractivity contribution >= 4 is 32.7 Å². The number of aryl methyl sites for hydroxylation is 1. The van der Waals surface area contributed by atoms with Gasteiger partial charge in [-0.05, 0) is 48.4 Å². The Morgan fingerprint density at radius 3 is 2.82 bits per heavy atom. The summed E-state index contributed by atoms with van der Waals surface area (Å²) in [6, 6.07) is 11.8. The van der Waals surface area contributed by atoms with Crippen molar-refractivity contribution in [3.8, 4) is 5.75 Å². The molecule has 0 atom stereocenters. The minimum Gasteiger partial charge on any atom is -0.495 e. The number of hydrogen-bond acceptors (Lipinski definition) is 7. The lowest BCUT2D eigenvalue weighted by Gasteiger charge is -2.10. The fourth-order valence-electron chi connectivity index (χ4n) is 3.55. The van der Waals surface area contributed by atoms with Gasteiger partial charge in [0, 0.05) is 6.20 Å². The highest BCUT2D eigenvalue weighted by Crippen LogP contribution is 2.31. The van der Waals surface area contributed by atoms with Crippen LogP contribution in [0.15, 0.2) is 70.7 Å². The molecule has 11 heteroatoms. The zero-order valence-corrected chi connectivity index (χ0v) is 19.4. The number of nitrogens with one attached hydrogen (secondary N) is 2. The summed E-state index contributed by atoms with van der Waals surface area (Å²) in [4.78, 5) is 11.3. The van der Waals surface area contributed by atoms with Crippen LogP contribution in [0.2, 0.25) is 0 Å². The van der Waals surface area contributed by atoms with Crippen LogP contribution >= 0.6 is 0 Å². The van der Waals surface area contributed by atoms with Crippen LogP contribution < -0.4 is 14.8 Å². The van der Waals surface area contributed by atoms with Gasteiger partial charge < -0.3 is 14.6 Å². The molecule has 0 saturated heterocycles. The molecule has 4 rings (SSSR count). The van der Waals surface area contributed by atoms with Crippen molar-refractivity contribution in [2.75, 3.05) is 11.8 Å². The van der Waals surface area contributed by atoms with Gasteiger partial charge in [-0.25, -0.2) is 8.42 Å². The maximum Gasteiger partial charge on any atom is 0.266 e. The minimum absolute atomic E-state index is 0.00156. The van der Waals surface area contributed by atoms with E-state index in [1.165, 1.54) is 19.3 Å². The smallest absolute Gasteiger partial charge is 0.266 e. The second-order valence-electron chi connectivity index (χ2n) is 7.50. The molecule has 10 nitrogen and oxygen atoms in total. The van der Waals surface area contributed by atoms with Crippen molar-refractivity contribution in [1.82, 2.24) is 20.3 Å². The van der Waals surface area contributed by atoms with Gasteiger partial charge in [-0.3, -0.25) is 14.2 Å². The first kappa shape index (κ1) is 23.1. The summed E-state index contributed by atoms with van der Waals surface area (Å²) in [5.74, 6) is 0.0619. The number of amides is 1. The van der Waals surface area contributed by atoms with Gasteiger partial charge in [0.2, 0.25) is 5.91 Å². The van der Waals surface area contributed by atoms with Gasteiger partial charge in [0.1, 0.15) is 10.6 Å². The Balaban J connectivity index is 1.56. The zero-order valence-electron chi connectivity index (χ0n) is 18.6. The van der Waals surface area contributed by atoms with Crippen molar-refractivity contribution < 1.29 is 22.5 Å². The van der Waals surface area contributed by atoms with E-state index in [0.717, 1.165) is 11.1 Å². The lowest BCUT2D eigenvalue weighted by Crippen LogP contribution is -2.20. The molecule has 0 spiro atoms. The van der Waals surface area contributed by atoms with Crippen molar-refractivity contribution in [2.45, 2.75) is 24.9 Å². The van der Waals surface area contributed by atoms with Gasteiger partial charge in [0.05, 0.1) is 31.3 Å². The van der Waals surface area contributed by atoms with E-state index in [0.29, 0.717) is 29.8 Å². The number of anilines is 1. The van der Waals surface area contributed by atoms with Crippen LogP contribution in [0.5, 0.6) is 5.75 Å². The SMILES string of the molecule is C=CC(=O)NCc1ccn(Cc2cc(C)c3c(NS(=O)(=O)c4ccccc4OC)noc3c2)n1. The topological polar surface area (TPSA) is 128 Å². The predicted octanol–water partition coefficient (Wildman–Crippen LogP) is 2.99. The van der Waals surface area contributed by atoms with Gasteiger partial charge in [0.25, 0.3) is 10.0 Å². The van der Waals surface area contributed by atoms with Crippen LogP contribution in [0.1, 0.15) is 16.8 Å². The van der Waals surface area contributed by atoms with E-state index in [-0.39, 0.29) is 22.4 Å². The van der Waals surface area contributed by atoms with Gasteiger partial charge in [0.15, 0.2) is 11.4 Å². The predicted molar refractivity (Wildman–Crippen MR) is 126 cm³/mol. The molecular formula is C23H23N5O5S. The van der Waals surface area contributed by atoms with E-state index < -0.39 is 10.0 Å². The van der Waals surface area contributed by atoms with Gasteiger partial charge in [-0.15, -0.1) is 0 Å². The molecule has 0 radical (unpaired) electrons. The highest BCUT2D eigenvalue weighted by atomic mass is 32.2. The highest BCUT2D eigenvalue weighted by Gasteiger charge is 2.23. The van der Waals surface area contributed by atoms with E-state index in [1.54, 1.807) is 28.9 Å². The van der Waals surface area contributed by atoms with Crippen molar-refractivity contribution in [1.29, 1.82) is 0 Å². The van der Waals surface area contributed by atoms with Crippen molar-refractivity contribution in [3.05, 3.63) is 78.1 Å². The summed E-state index contributed by atoms with van der Waals surface area (Å²) in [7, 11) is -2.54. The summed E-state index contributed by atoms with van der Waals surface area (Å²) in [5.41, 5.74) is 2.83. The molecule has 4 aromatic rings. The number of nitrogens with zero attached hydrogens (tertiary/aromatic N) is 3. The Morgan fingerprint density at radius 2 is 2.06 bits per heavy atom. The Morgan fingerprint density at radius 1 is 1.26 bits per heavy atom. The third-order valence-corrected chi connectivity index (χ3v) is 6.47. The normalized spacial score (nSPS) is 11.4. The first-order valence-electron chi connectivity index (χ1n) is 10.3. The van der Waals surface area contributed by atoms with Crippen LogP contribution in [0, 0.1) is 6.92 Å². The fourth-order valence-corrected chi connectivity index (χ4v) is 4.73. The van der Waals surface area contributed by atoms with Crippen LogP contribution in [0.3, 0.4) is 0 Å². The fraction of sp³-hybridized carbons (Fsp3) is 0.174. The molecule has 2 aromatic carbocycles. The van der Waals surface area contributed by atoms with E-state index in [4.69, 9.17) is 9.26 Å². The number of carbonyl (C=O) groups is 1. The monoisotopic (exact) mass is 481 g/mol. The van der Waals surface area contributed by atoms with Crippen LogP contribution in [-0.4, -0.2) is 36.4 Å². The Labute approximate surface area is 196 Å². The largest absolute Gasteiger partial charge is 0.495 e. The summed E-state index contributed by atoms with van der Waals surface area (Å²) < 4.78 is 40.7. The number of sulfonamides is 1. The molecular weight excluding hydrogens is 458 g/mol. The number of aromatic nitrogens is 3. The average molecular weight is 482 g/mol. The summed E-state index contributed by atoms with van der Waals surface area (Å²) in [6.07, 6.45) is 3.01. The first-order chi connectivity index (χ1) is 16.3. The number of benzene rings is 2. The van der Waals surface area contributed by atoms with Gasteiger partial charge >= 0.3 is 0 Å². The van der Waals surface area contributed by atoms with Crippen molar-refractivity contribution in [2.24, 2.45) is 0 Å². The van der Waals surface area contributed by atoms with Crippen molar-refractivity contribution in [3.63, 3.8) is 0 Å². The molecule has 0 aliphatic heterocycles.